The molecule has 8 nitrogen and oxygen atoms in total. The van der Waals surface area contributed by atoms with E-state index in [9.17, 15) is 14.4 Å². The second kappa shape index (κ2) is 7.45. The van der Waals surface area contributed by atoms with Gasteiger partial charge in [0.1, 0.15) is 11.2 Å². The molecule has 3 heterocycles. The lowest BCUT2D eigenvalue weighted by Gasteiger charge is -2.12. The molecule has 0 spiro atoms. The summed E-state index contributed by atoms with van der Waals surface area (Å²) in [6.07, 6.45) is 0. The third-order valence-corrected chi connectivity index (χ3v) is 6.70. The third kappa shape index (κ3) is 3.21. The van der Waals surface area contributed by atoms with Gasteiger partial charge in [0.2, 0.25) is 5.91 Å². The van der Waals surface area contributed by atoms with Crippen molar-refractivity contribution in [1.29, 1.82) is 0 Å². The van der Waals surface area contributed by atoms with Crippen LogP contribution in [-0.2, 0) is 18.4 Å². The predicted octanol–water partition coefficient (Wildman–Crippen LogP) is 3.55. The summed E-state index contributed by atoms with van der Waals surface area (Å²) >= 11 is 1.43. The lowest BCUT2D eigenvalue weighted by atomic mass is 10.0. The van der Waals surface area contributed by atoms with Crippen molar-refractivity contribution in [2.75, 3.05) is 5.32 Å². The number of thiophene rings is 1. The van der Waals surface area contributed by atoms with E-state index in [1.807, 2.05) is 38.1 Å². The summed E-state index contributed by atoms with van der Waals surface area (Å²) in [5.41, 5.74) is 2.19. The number of carbonyl (C=O) groups excluding carboxylic acids is 1. The normalized spacial score (nSPS) is 11.8. The number of rotatable bonds is 4. The van der Waals surface area contributed by atoms with E-state index < -0.39 is 0 Å². The molecule has 0 saturated heterocycles. The maximum absolute atomic E-state index is 13.2. The highest BCUT2D eigenvalue weighted by Crippen LogP contribution is 2.35. The highest BCUT2D eigenvalue weighted by molar-refractivity contribution is 7.25. The van der Waals surface area contributed by atoms with Gasteiger partial charge in [0, 0.05) is 28.2 Å². The Hall–Kier alpha value is -3.72. The predicted molar refractivity (Wildman–Crippen MR) is 128 cm³/mol. The molecule has 0 fully saturated rings. The Kier molecular flexibility index (Phi) is 4.70. The van der Waals surface area contributed by atoms with Gasteiger partial charge in [0.15, 0.2) is 0 Å². The molecule has 0 radical (unpaired) electrons. The topological polar surface area (TPSA) is 102 Å². The summed E-state index contributed by atoms with van der Waals surface area (Å²) in [7, 11) is 1.67. The molecule has 162 valence electrons. The Labute approximate surface area is 186 Å². The molecule has 5 rings (SSSR count). The smallest absolute Gasteiger partial charge is 0.324 e. The van der Waals surface area contributed by atoms with Crippen LogP contribution in [0.4, 0.5) is 5.69 Å². The molecule has 0 aliphatic rings. The number of amides is 1. The van der Waals surface area contributed by atoms with Gasteiger partial charge in [0.25, 0.3) is 5.56 Å². The number of aryl methyl sites for hydroxylation is 1. The fourth-order valence-electron chi connectivity index (χ4n) is 3.96. The number of hydrogen-bond acceptors (Lipinski definition) is 5. The zero-order chi connectivity index (χ0) is 22.6. The van der Waals surface area contributed by atoms with Gasteiger partial charge in [0.05, 0.1) is 16.7 Å². The first-order chi connectivity index (χ1) is 15.3. The molecule has 5 aromatic rings. The molecule has 0 saturated carbocycles. The van der Waals surface area contributed by atoms with Crippen LogP contribution in [0.25, 0.3) is 31.2 Å². The fraction of sp³-hybridized carbons (Fsp3) is 0.217. The zero-order valence-corrected chi connectivity index (χ0v) is 18.6. The minimum Gasteiger partial charge on any atom is -0.324 e. The number of fused-ring (bicyclic) bond motifs is 4. The average molecular weight is 448 g/mol. The highest BCUT2D eigenvalue weighted by atomic mass is 32.1. The second-order valence-electron chi connectivity index (χ2n) is 8.07. The van der Waals surface area contributed by atoms with Crippen molar-refractivity contribution in [3.63, 3.8) is 0 Å². The number of aromatic amines is 1. The number of hydrogen-bond donors (Lipinski definition) is 2. The van der Waals surface area contributed by atoms with Crippen molar-refractivity contribution < 1.29 is 4.79 Å². The van der Waals surface area contributed by atoms with Crippen LogP contribution in [0.15, 0.2) is 52.1 Å². The van der Waals surface area contributed by atoms with Gasteiger partial charge in [-0.3, -0.25) is 14.2 Å². The summed E-state index contributed by atoms with van der Waals surface area (Å²) in [6.45, 7) is 3.85. The lowest BCUT2D eigenvalue weighted by Crippen LogP contribution is -2.30. The van der Waals surface area contributed by atoms with Crippen LogP contribution in [0, 0.1) is 0 Å². The summed E-state index contributed by atoms with van der Waals surface area (Å²) in [5.74, 6) is -0.282. The number of H-pyrrole nitrogens is 1. The van der Waals surface area contributed by atoms with Crippen LogP contribution < -0.4 is 16.6 Å². The maximum atomic E-state index is 13.2. The molecule has 32 heavy (non-hydrogen) atoms. The van der Waals surface area contributed by atoms with E-state index in [2.05, 4.69) is 15.4 Å². The number of carbonyl (C=O) groups is 1. The number of nitrogens with one attached hydrogen (secondary N) is 2. The van der Waals surface area contributed by atoms with Crippen LogP contribution >= 0.6 is 11.3 Å². The quantitative estimate of drug-likeness (QED) is 0.440. The number of nitrogens with zero attached hydrogens (tertiary/aromatic N) is 3. The van der Waals surface area contributed by atoms with Crippen LogP contribution in [0.3, 0.4) is 0 Å². The molecule has 0 unspecified atom stereocenters. The van der Waals surface area contributed by atoms with Crippen LogP contribution in [-0.4, -0.2) is 25.2 Å². The highest BCUT2D eigenvalue weighted by Gasteiger charge is 2.19. The molecule has 0 aliphatic heterocycles. The number of anilines is 1. The van der Waals surface area contributed by atoms with E-state index in [-0.39, 0.29) is 29.6 Å². The molecule has 9 heteroatoms. The SMILES string of the molecule is CC(C)c1nn(CC(=O)Nc2ccc3c(c2)[nH]c(=O)n3C)c(=O)c2sc3ccccc3c12. The van der Waals surface area contributed by atoms with Crippen LogP contribution in [0.5, 0.6) is 0 Å². The van der Waals surface area contributed by atoms with Gasteiger partial charge in [-0.15, -0.1) is 11.3 Å². The van der Waals surface area contributed by atoms with Gasteiger partial charge < -0.3 is 10.3 Å². The van der Waals surface area contributed by atoms with Crippen molar-refractivity contribution >= 4 is 54.1 Å². The van der Waals surface area contributed by atoms with E-state index in [1.54, 1.807) is 25.2 Å². The zero-order valence-electron chi connectivity index (χ0n) is 17.8. The first-order valence-electron chi connectivity index (χ1n) is 10.2. The monoisotopic (exact) mass is 447 g/mol. The molecule has 3 aromatic heterocycles. The van der Waals surface area contributed by atoms with Gasteiger partial charge in [-0.25, -0.2) is 9.48 Å². The van der Waals surface area contributed by atoms with E-state index in [0.717, 1.165) is 26.7 Å². The fourth-order valence-corrected chi connectivity index (χ4v) is 5.11. The molecular formula is C23H21N5O3S. The summed E-state index contributed by atoms with van der Waals surface area (Å²) < 4.78 is 4.38. The number of aromatic nitrogens is 4. The van der Waals surface area contributed by atoms with E-state index in [0.29, 0.717) is 15.9 Å². The van der Waals surface area contributed by atoms with Gasteiger partial charge in [-0.1, -0.05) is 32.0 Å². The number of imidazole rings is 1. The van der Waals surface area contributed by atoms with Crippen molar-refractivity contribution in [3.8, 4) is 0 Å². The minimum atomic E-state index is -0.368. The molecule has 1 amide bonds. The summed E-state index contributed by atoms with van der Waals surface area (Å²) in [4.78, 5) is 40.4. The molecular weight excluding hydrogens is 426 g/mol. The third-order valence-electron chi connectivity index (χ3n) is 5.54. The van der Waals surface area contributed by atoms with Gasteiger partial charge in [-0.05, 0) is 30.2 Å². The van der Waals surface area contributed by atoms with Crippen molar-refractivity contribution in [3.05, 3.63) is 69.0 Å². The Balaban J connectivity index is 1.51. The van der Waals surface area contributed by atoms with E-state index >= 15 is 0 Å². The van der Waals surface area contributed by atoms with Crippen LogP contribution in [0.1, 0.15) is 25.5 Å². The number of benzene rings is 2. The largest absolute Gasteiger partial charge is 0.326 e. The lowest BCUT2D eigenvalue weighted by molar-refractivity contribution is -0.117. The first kappa shape index (κ1) is 20.2. The molecule has 2 aromatic carbocycles. The average Bonchev–Trinajstić information content (AvgIpc) is 3.27. The first-order valence-corrected chi connectivity index (χ1v) is 11.1. The summed E-state index contributed by atoms with van der Waals surface area (Å²) in [5, 5.41) is 9.26. The van der Waals surface area contributed by atoms with Crippen LogP contribution in [0.2, 0.25) is 0 Å². The maximum Gasteiger partial charge on any atom is 0.326 e. The Morgan fingerprint density at radius 1 is 1.19 bits per heavy atom. The van der Waals surface area contributed by atoms with Gasteiger partial charge >= 0.3 is 5.69 Å². The van der Waals surface area contributed by atoms with E-state index in [1.165, 1.54) is 20.6 Å². The van der Waals surface area contributed by atoms with Crippen molar-refractivity contribution in [2.24, 2.45) is 7.05 Å². The molecule has 0 bridgehead atoms. The van der Waals surface area contributed by atoms with Crippen molar-refractivity contribution in [1.82, 2.24) is 19.3 Å². The summed E-state index contributed by atoms with van der Waals surface area (Å²) in [6, 6.07) is 13.1. The minimum absolute atomic E-state index is 0.0859. The Bertz CT molecular complexity index is 1640. The molecule has 0 atom stereocenters. The standard InChI is InChI=1S/C23H21N5O3S/c1-12(2)20-19-14-6-4-5-7-17(14)32-21(19)22(30)28(26-20)11-18(29)24-13-8-9-16-15(10-13)25-23(31)27(16)3/h4-10,12H,11H2,1-3H3,(H,24,29)(H,25,31). The van der Waals surface area contributed by atoms with Gasteiger partial charge in [-0.2, -0.15) is 5.10 Å². The molecule has 2 N–H and O–H groups in total. The second-order valence-corrected chi connectivity index (χ2v) is 9.13. The Morgan fingerprint density at radius 3 is 2.75 bits per heavy atom. The van der Waals surface area contributed by atoms with E-state index in [4.69, 9.17) is 0 Å². The Morgan fingerprint density at radius 2 is 1.97 bits per heavy atom. The van der Waals surface area contributed by atoms with Crippen molar-refractivity contribution in [2.45, 2.75) is 26.3 Å². The molecule has 0 aliphatic carbocycles.